The van der Waals surface area contributed by atoms with E-state index in [-0.39, 0.29) is 23.9 Å². The molecule has 1 aliphatic rings. The van der Waals surface area contributed by atoms with E-state index in [9.17, 15) is 9.59 Å². The number of aromatic nitrogens is 3. The lowest BCUT2D eigenvalue weighted by atomic mass is 10.2. The minimum atomic E-state index is -0.201. The van der Waals surface area contributed by atoms with Crippen LogP contribution in [-0.4, -0.2) is 26.4 Å². The maximum absolute atomic E-state index is 12.0. The van der Waals surface area contributed by atoms with Crippen LogP contribution in [0.4, 0.5) is 5.82 Å². The van der Waals surface area contributed by atoms with E-state index in [0.717, 1.165) is 0 Å². The maximum Gasteiger partial charge on any atom is 0.254 e. The second-order valence-electron chi connectivity index (χ2n) is 4.48. The molecular weight excluding hydrogens is 280 g/mol. The van der Waals surface area contributed by atoms with Gasteiger partial charge in [-0.05, 0) is 6.92 Å². The summed E-state index contributed by atoms with van der Waals surface area (Å²) >= 11 is 1.48. The summed E-state index contributed by atoms with van der Waals surface area (Å²) in [6.45, 7) is 1.75. The number of carbonyl (C=O) groups is 1. The van der Waals surface area contributed by atoms with E-state index in [2.05, 4.69) is 15.5 Å². The molecule has 0 aliphatic carbocycles. The first-order valence-corrected chi connectivity index (χ1v) is 7.05. The molecule has 3 rings (SSSR count). The molecule has 2 aromatic heterocycles. The van der Waals surface area contributed by atoms with Crippen LogP contribution in [0.5, 0.6) is 0 Å². The Hall–Kier alpha value is -2.09. The highest BCUT2D eigenvalue weighted by Crippen LogP contribution is 2.31. The number of hydrogen-bond acceptors (Lipinski definition) is 6. The van der Waals surface area contributed by atoms with Gasteiger partial charge in [-0.2, -0.15) is 0 Å². The fourth-order valence-electron chi connectivity index (χ4n) is 2.07. The summed E-state index contributed by atoms with van der Waals surface area (Å²) < 4.78 is 6.44. The summed E-state index contributed by atoms with van der Waals surface area (Å²) in [7, 11) is 0. The van der Waals surface area contributed by atoms with Gasteiger partial charge in [-0.25, -0.2) is 4.98 Å². The van der Waals surface area contributed by atoms with Gasteiger partial charge in [0.2, 0.25) is 5.91 Å². The topological polar surface area (TPSA) is 90.0 Å². The summed E-state index contributed by atoms with van der Waals surface area (Å²) in [6, 6.07) is 2.87. The van der Waals surface area contributed by atoms with Crippen LogP contribution < -0.4 is 10.9 Å². The standard InChI is InChI=1S/C12H12N4O3S/c1-7-4-9(15-19-7)14-10(17)5-8-6-20-12-13-3-2-11(18)16(8)12/h2-4,8H,5-6H2,1H3,(H,14,15,17)/t8-/m0/s1. The monoisotopic (exact) mass is 292 g/mol. The normalized spacial score (nSPS) is 16.9. The number of amides is 1. The zero-order chi connectivity index (χ0) is 14.1. The van der Waals surface area contributed by atoms with Gasteiger partial charge in [0, 0.05) is 30.5 Å². The van der Waals surface area contributed by atoms with Crippen molar-refractivity contribution in [1.29, 1.82) is 0 Å². The summed E-state index contributed by atoms with van der Waals surface area (Å²) in [4.78, 5) is 27.9. The minimum Gasteiger partial charge on any atom is -0.360 e. The van der Waals surface area contributed by atoms with E-state index in [4.69, 9.17) is 4.52 Å². The second kappa shape index (κ2) is 5.12. The van der Waals surface area contributed by atoms with Gasteiger partial charge in [-0.15, -0.1) is 0 Å². The number of rotatable bonds is 3. The third kappa shape index (κ3) is 2.46. The van der Waals surface area contributed by atoms with Gasteiger partial charge in [0.1, 0.15) is 5.76 Å². The van der Waals surface area contributed by atoms with Crippen LogP contribution in [0.3, 0.4) is 0 Å². The average Bonchev–Trinajstić information content (AvgIpc) is 2.97. The molecule has 1 amide bonds. The van der Waals surface area contributed by atoms with Gasteiger partial charge in [0.05, 0.1) is 6.04 Å². The zero-order valence-electron chi connectivity index (χ0n) is 10.7. The Bertz CT molecular complexity index is 709. The van der Waals surface area contributed by atoms with Crippen molar-refractivity contribution in [1.82, 2.24) is 14.7 Å². The third-order valence-electron chi connectivity index (χ3n) is 2.93. The maximum atomic E-state index is 12.0. The smallest absolute Gasteiger partial charge is 0.254 e. The number of aryl methyl sites for hydroxylation is 1. The van der Waals surface area contributed by atoms with E-state index >= 15 is 0 Å². The molecule has 0 unspecified atom stereocenters. The first-order valence-electron chi connectivity index (χ1n) is 6.07. The SMILES string of the molecule is Cc1cc(NC(=O)C[C@H]2CSc3nccc(=O)n32)no1. The van der Waals surface area contributed by atoms with Gasteiger partial charge < -0.3 is 9.84 Å². The van der Waals surface area contributed by atoms with Gasteiger partial charge in [0.15, 0.2) is 11.0 Å². The molecule has 0 bridgehead atoms. The second-order valence-corrected chi connectivity index (χ2v) is 5.46. The summed E-state index contributed by atoms with van der Waals surface area (Å²) in [5.74, 6) is 1.48. The largest absolute Gasteiger partial charge is 0.360 e. The van der Waals surface area contributed by atoms with Crippen LogP contribution in [0.1, 0.15) is 18.2 Å². The van der Waals surface area contributed by atoms with Crippen LogP contribution >= 0.6 is 11.8 Å². The molecule has 0 aromatic carbocycles. The summed E-state index contributed by atoms with van der Waals surface area (Å²) in [5.41, 5.74) is -0.130. The average molecular weight is 292 g/mol. The number of nitrogens with one attached hydrogen (secondary N) is 1. The molecule has 1 N–H and O–H groups in total. The number of hydrogen-bond donors (Lipinski definition) is 1. The van der Waals surface area contributed by atoms with Crippen LogP contribution in [0.15, 0.2) is 32.8 Å². The van der Waals surface area contributed by atoms with Crippen LogP contribution in [0, 0.1) is 6.92 Å². The molecular formula is C12H12N4O3S. The molecule has 1 atom stereocenters. The molecule has 7 nitrogen and oxygen atoms in total. The minimum absolute atomic E-state index is 0.130. The molecule has 0 radical (unpaired) electrons. The molecule has 8 heteroatoms. The van der Waals surface area contributed by atoms with Crippen molar-refractivity contribution in [2.75, 3.05) is 11.1 Å². The predicted octanol–water partition coefficient (Wildman–Crippen LogP) is 1.22. The van der Waals surface area contributed by atoms with Crippen molar-refractivity contribution in [3.8, 4) is 0 Å². The highest BCUT2D eigenvalue weighted by atomic mass is 32.2. The van der Waals surface area contributed by atoms with Crippen molar-refractivity contribution < 1.29 is 9.32 Å². The number of fused-ring (bicyclic) bond motifs is 1. The zero-order valence-corrected chi connectivity index (χ0v) is 11.5. The van der Waals surface area contributed by atoms with Crippen LogP contribution in [-0.2, 0) is 4.79 Å². The quantitative estimate of drug-likeness (QED) is 0.855. The Labute approximate surface area is 118 Å². The lowest BCUT2D eigenvalue weighted by Crippen LogP contribution is -2.26. The van der Waals surface area contributed by atoms with Crippen LogP contribution in [0.25, 0.3) is 0 Å². The lowest BCUT2D eigenvalue weighted by molar-refractivity contribution is -0.116. The van der Waals surface area contributed by atoms with Crippen molar-refractivity contribution in [3.63, 3.8) is 0 Å². The number of anilines is 1. The fraction of sp³-hybridized carbons (Fsp3) is 0.333. The van der Waals surface area contributed by atoms with Gasteiger partial charge >= 0.3 is 0 Å². The Balaban J connectivity index is 1.71. The Morgan fingerprint density at radius 2 is 2.50 bits per heavy atom. The van der Waals surface area contributed by atoms with E-state index in [1.54, 1.807) is 17.6 Å². The Kier molecular flexibility index (Phi) is 3.31. The lowest BCUT2D eigenvalue weighted by Gasteiger charge is -2.11. The molecule has 2 aromatic rings. The van der Waals surface area contributed by atoms with Gasteiger partial charge in [-0.1, -0.05) is 16.9 Å². The molecule has 0 fully saturated rings. The molecule has 0 saturated carbocycles. The number of nitrogens with zero attached hydrogens (tertiary/aromatic N) is 3. The predicted molar refractivity (Wildman–Crippen MR) is 72.7 cm³/mol. The molecule has 0 spiro atoms. The molecule has 104 valence electrons. The van der Waals surface area contributed by atoms with Gasteiger partial charge in [0.25, 0.3) is 5.56 Å². The van der Waals surface area contributed by atoms with Crippen molar-refractivity contribution >= 4 is 23.5 Å². The molecule has 20 heavy (non-hydrogen) atoms. The van der Waals surface area contributed by atoms with Gasteiger partial charge in [-0.3, -0.25) is 14.2 Å². The van der Waals surface area contributed by atoms with Crippen molar-refractivity contribution in [2.24, 2.45) is 0 Å². The first-order chi connectivity index (χ1) is 9.63. The van der Waals surface area contributed by atoms with E-state index in [1.165, 1.54) is 24.0 Å². The van der Waals surface area contributed by atoms with E-state index < -0.39 is 0 Å². The number of carbonyl (C=O) groups excluding carboxylic acids is 1. The van der Waals surface area contributed by atoms with E-state index in [1.807, 2.05) is 0 Å². The molecule has 1 aliphatic heterocycles. The highest BCUT2D eigenvalue weighted by Gasteiger charge is 2.26. The van der Waals surface area contributed by atoms with Crippen LogP contribution in [0.2, 0.25) is 0 Å². The highest BCUT2D eigenvalue weighted by molar-refractivity contribution is 7.99. The Morgan fingerprint density at radius 3 is 3.25 bits per heavy atom. The molecule has 0 saturated heterocycles. The molecule has 3 heterocycles. The third-order valence-corrected chi connectivity index (χ3v) is 4.04. The van der Waals surface area contributed by atoms with Crippen molar-refractivity contribution in [3.05, 3.63) is 34.4 Å². The fourth-order valence-corrected chi connectivity index (χ4v) is 3.20. The summed E-state index contributed by atoms with van der Waals surface area (Å²) in [6.07, 6.45) is 1.69. The Morgan fingerprint density at radius 1 is 1.65 bits per heavy atom. The van der Waals surface area contributed by atoms with Crippen molar-refractivity contribution in [2.45, 2.75) is 24.5 Å². The summed E-state index contributed by atoms with van der Waals surface area (Å²) in [5, 5.41) is 7.01. The first kappa shape index (κ1) is 12.9. The van der Waals surface area contributed by atoms with E-state index in [0.29, 0.717) is 22.5 Å². The number of thioether (sulfide) groups is 1.